The molecule has 0 spiro atoms. The summed E-state index contributed by atoms with van der Waals surface area (Å²) >= 11 is 1.84. The van der Waals surface area contributed by atoms with Crippen molar-refractivity contribution in [3.8, 4) is 22.5 Å². The summed E-state index contributed by atoms with van der Waals surface area (Å²) in [5.74, 6) is 0.630. The van der Waals surface area contributed by atoms with Crippen molar-refractivity contribution in [3.63, 3.8) is 0 Å². The van der Waals surface area contributed by atoms with E-state index in [1.165, 1.54) is 31.3 Å². The molecule has 0 aliphatic heterocycles. The number of thiophene rings is 1. The molecule has 166 valence electrons. The van der Waals surface area contributed by atoms with Crippen LogP contribution in [0.5, 0.6) is 0 Å². The number of hydrogen-bond acceptors (Lipinski definition) is 4. The summed E-state index contributed by atoms with van der Waals surface area (Å²) < 4.78 is 1.21. The normalized spacial score (nSPS) is 12.2. The van der Waals surface area contributed by atoms with Crippen LogP contribution in [0.15, 0.2) is 67.3 Å². The molecule has 0 unspecified atom stereocenters. The molecular weight excluding hydrogens is 422 g/mol. The van der Waals surface area contributed by atoms with Crippen molar-refractivity contribution in [3.05, 3.63) is 77.7 Å². The second-order valence-corrected chi connectivity index (χ2v) is 11.4. The van der Waals surface area contributed by atoms with Gasteiger partial charge in [0.15, 0.2) is 0 Å². The smallest absolute Gasteiger partial charge is 0.116 e. The maximum absolute atomic E-state index is 4.66. The molecule has 4 heteroatoms. The Labute approximate surface area is 199 Å². The van der Waals surface area contributed by atoms with Crippen LogP contribution in [0.2, 0.25) is 0 Å². The Kier molecular flexibility index (Phi) is 5.49. The van der Waals surface area contributed by atoms with E-state index in [2.05, 4.69) is 98.1 Å². The van der Waals surface area contributed by atoms with E-state index in [1.807, 2.05) is 23.7 Å². The first-order valence-electron chi connectivity index (χ1n) is 11.5. The van der Waals surface area contributed by atoms with Crippen molar-refractivity contribution in [1.82, 2.24) is 15.0 Å². The minimum atomic E-state index is 0.0322. The van der Waals surface area contributed by atoms with Crippen molar-refractivity contribution in [2.45, 2.75) is 46.5 Å². The number of nitrogens with zero attached hydrogens (tertiary/aromatic N) is 3. The summed E-state index contributed by atoms with van der Waals surface area (Å²) in [6.45, 7) is 11.3. The molecule has 0 aliphatic rings. The van der Waals surface area contributed by atoms with Gasteiger partial charge in [0, 0.05) is 33.8 Å². The van der Waals surface area contributed by atoms with Crippen molar-refractivity contribution in [1.29, 1.82) is 0 Å². The summed E-state index contributed by atoms with van der Waals surface area (Å²) in [5.41, 5.74) is 5.40. The van der Waals surface area contributed by atoms with Gasteiger partial charge in [-0.15, -0.1) is 11.3 Å². The van der Waals surface area contributed by atoms with E-state index in [-0.39, 0.29) is 5.41 Å². The van der Waals surface area contributed by atoms with Crippen LogP contribution in [0, 0.1) is 5.92 Å². The Morgan fingerprint density at radius 3 is 2.45 bits per heavy atom. The quantitative estimate of drug-likeness (QED) is 0.277. The topological polar surface area (TPSA) is 38.7 Å². The summed E-state index contributed by atoms with van der Waals surface area (Å²) in [7, 11) is 0. The minimum absolute atomic E-state index is 0.0322. The highest BCUT2D eigenvalue weighted by Crippen LogP contribution is 2.37. The predicted octanol–water partition coefficient (Wildman–Crippen LogP) is 8.07. The molecule has 3 nitrogen and oxygen atoms in total. The van der Waals surface area contributed by atoms with E-state index < -0.39 is 0 Å². The fraction of sp³-hybridized carbons (Fsp3) is 0.276. The first-order chi connectivity index (χ1) is 15.8. The van der Waals surface area contributed by atoms with E-state index in [1.54, 1.807) is 6.33 Å². The third kappa shape index (κ3) is 4.28. The van der Waals surface area contributed by atoms with E-state index in [9.17, 15) is 0 Å². The standard InChI is InChI=1S/C29H29N3S/c1-18(2)10-21-13-23-24(15-30-16-28(23)33-21)27-14-26(31-17-32-27)20-11-19-8-6-7-9-22(19)25(12-20)29(3,4)5/h6-9,11-18H,10H2,1-5H3. The maximum Gasteiger partial charge on any atom is 0.116 e. The zero-order chi connectivity index (χ0) is 23.2. The molecule has 5 aromatic rings. The third-order valence-corrected chi connectivity index (χ3v) is 7.11. The van der Waals surface area contributed by atoms with E-state index in [4.69, 9.17) is 0 Å². The molecule has 0 amide bonds. The number of rotatable bonds is 4. The van der Waals surface area contributed by atoms with Crippen LogP contribution in [0.1, 0.15) is 45.1 Å². The number of benzene rings is 2. The van der Waals surface area contributed by atoms with Gasteiger partial charge < -0.3 is 0 Å². The minimum Gasteiger partial charge on any atom is -0.263 e. The predicted molar refractivity (Wildman–Crippen MR) is 141 cm³/mol. The SMILES string of the molecule is CC(C)Cc1cc2c(-c3cc(-c4cc(C(C)(C)C)c5ccccc5c4)ncn3)cncc2s1. The molecule has 0 N–H and O–H groups in total. The van der Waals surface area contributed by atoms with Crippen LogP contribution >= 0.6 is 11.3 Å². The molecule has 3 aromatic heterocycles. The van der Waals surface area contributed by atoms with Gasteiger partial charge in [-0.3, -0.25) is 4.98 Å². The number of fused-ring (bicyclic) bond motifs is 2. The van der Waals surface area contributed by atoms with E-state index >= 15 is 0 Å². The van der Waals surface area contributed by atoms with Crippen molar-refractivity contribution < 1.29 is 0 Å². The van der Waals surface area contributed by atoms with Crippen molar-refractivity contribution in [2.24, 2.45) is 5.92 Å². The molecule has 0 atom stereocenters. The van der Waals surface area contributed by atoms with Crippen molar-refractivity contribution >= 4 is 32.2 Å². The Bertz CT molecular complexity index is 1460. The van der Waals surface area contributed by atoms with E-state index in [0.29, 0.717) is 5.92 Å². The van der Waals surface area contributed by atoms with Crippen LogP contribution in [0.3, 0.4) is 0 Å². The van der Waals surface area contributed by atoms with Crippen LogP contribution in [-0.2, 0) is 11.8 Å². The zero-order valence-electron chi connectivity index (χ0n) is 19.9. The second kappa shape index (κ2) is 8.35. The van der Waals surface area contributed by atoms with Crippen LogP contribution in [-0.4, -0.2) is 15.0 Å². The molecule has 0 fully saturated rings. The Hall–Kier alpha value is -3.11. The highest BCUT2D eigenvalue weighted by molar-refractivity contribution is 7.19. The summed E-state index contributed by atoms with van der Waals surface area (Å²) in [6.07, 6.45) is 6.66. The molecule has 3 heterocycles. The third-order valence-electron chi connectivity index (χ3n) is 6.02. The van der Waals surface area contributed by atoms with Gasteiger partial charge in [0.1, 0.15) is 6.33 Å². The average molecular weight is 452 g/mol. The summed E-state index contributed by atoms with van der Waals surface area (Å²) in [5, 5.41) is 3.76. The molecule has 0 saturated heterocycles. The maximum atomic E-state index is 4.66. The van der Waals surface area contributed by atoms with Crippen LogP contribution < -0.4 is 0 Å². The lowest BCUT2D eigenvalue weighted by Gasteiger charge is -2.22. The number of aromatic nitrogens is 3. The highest BCUT2D eigenvalue weighted by atomic mass is 32.1. The lowest BCUT2D eigenvalue weighted by atomic mass is 9.82. The molecule has 0 saturated carbocycles. The molecule has 0 aliphatic carbocycles. The number of hydrogen-bond donors (Lipinski definition) is 0. The van der Waals surface area contributed by atoms with Gasteiger partial charge in [-0.05, 0) is 58.4 Å². The molecule has 33 heavy (non-hydrogen) atoms. The van der Waals surface area contributed by atoms with Gasteiger partial charge >= 0.3 is 0 Å². The lowest BCUT2D eigenvalue weighted by molar-refractivity contribution is 0.596. The van der Waals surface area contributed by atoms with Gasteiger partial charge in [0.05, 0.1) is 16.1 Å². The fourth-order valence-electron chi connectivity index (χ4n) is 4.46. The number of pyridine rings is 1. The van der Waals surface area contributed by atoms with Gasteiger partial charge in [0.2, 0.25) is 0 Å². The summed E-state index contributed by atoms with van der Waals surface area (Å²) in [6, 6.07) is 17.5. The molecule has 0 bridgehead atoms. The Morgan fingerprint density at radius 1 is 0.879 bits per heavy atom. The molecule has 0 radical (unpaired) electrons. The average Bonchev–Trinajstić information content (AvgIpc) is 3.19. The van der Waals surface area contributed by atoms with Gasteiger partial charge in [-0.25, -0.2) is 9.97 Å². The molecular formula is C29H29N3S. The van der Waals surface area contributed by atoms with Gasteiger partial charge in [0.25, 0.3) is 0 Å². The van der Waals surface area contributed by atoms with Gasteiger partial charge in [-0.2, -0.15) is 0 Å². The zero-order valence-corrected chi connectivity index (χ0v) is 20.7. The largest absolute Gasteiger partial charge is 0.263 e. The van der Waals surface area contributed by atoms with Crippen molar-refractivity contribution in [2.75, 3.05) is 0 Å². The second-order valence-electron chi connectivity index (χ2n) is 10.2. The van der Waals surface area contributed by atoms with Crippen LogP contribution in [0.4, 0.5) is 0 Å². The highest BCUT2D eigenvalue weighted by Gasteiger charge is 2.19. The first kappa shape index (κ1) is 21.7. The lowest BCUT2D eigenvalue weighted by Crippen LogP contribution is -2.12. The Morgan fingerprint density at radius 2 is 1.67 bits per heavy atom. The van der Waals surface area contributed by atoms with E-state index in [0.717, 1.165) is 28.9 Å². The van der Waals surface area contributed by atoms with Gasteiger partial charge in [-0.1, -0.05) is 58.9 Å². The monoisotopic (exact) mass is 451 g/mol. The molecule has 5 rings (SSSR count). The fourth-order valence-corrected chi connectivity index (χ4v) is 5.73. The molecule has 2 aromatic carbocycles. The van der Waals surface area contributed by atoms with Crippen LogP contribution in [0.25, 0.3) is 43.4 Å². The first-order valence-corrected chi connectivity index (χ1v) is 12.3. The Balaban J connectivity index is 1.64. The summed E-state index contributed by atoms with van der Waals surface area (Å²) in [4.78, 5) is 15.2.